The number of aromatic nitrogens is 1. The highest BCUT2D eigenvalue weighted by molar-refractivity contribution is 5.72. The normalized spacial score (nSPS) is 22.3. The summed E-state index contributed by atoms with van der Waals surface area (Å²) in [5, 5.41) is 9.49. The van der Waals surface area contributed by atoms with Crippen LogP contribution >= 0.6 is 0 Å². The molecule has 21 heavy (non-hydrogen) atoms. The van der Waals surface area contributed by atoms with E-state index in [-0.39, 0.29) is 11.8 Å². The van der Waals surface area contributed by atoms with Gasteiger partial charge in [0.2, 0.25) is 0 Å². The van der Waals surface area contributed by atoms with Crippen LogP contribution < -0.4 is 0 Å². The molecule has 1 fully saturated rings. The van der Waals surface area contributed by atoms with Gasteiger partial charge in [-0.1, -0.05) is 36.4 Å². The zero-order valence-corrected chi connectivity index (χ0v) is 11.7. The van der Waals surface area contributed by atoms with Crippen molar-refractivity contribution in [2.45, 2.75) is 12.5 Å². The van der Waals surface area contributed by atoms with Crippen molar-refractivity contribution in [1.29, 1.82) is 0 Å². The van der Waals surface area contributed by atoms with E-state index in [2.05, 4.69) is 9.88 Å². The Morgan fingerprint density at radius 1 is 1.14 bits per heavy atom. The summed E-state index contributed by atoms with van der Waals surface area (Å²) in [6.45, 7) is 2.04. The lowest BCUT2D eigenvalue weighted by Crippen LogP contribution is -2.23. The van der Waals surface area contributed by atoms with Gasteiger partial charge in [-0.05, 0) is 17.7 Å². The Morgan fingerprint density at radius 2 is 1.90 bits per heavy atom. The van der Waals surface area contributed by atoms with E-state index in [1.54, 1.807) is 6.20 Å². The lowest BCUT2D eigenvalue weighted by atomic mass is 9.89. The molecule has 2 atom stereocenters. The van der Waals surface area contributed by atoms with Crippen molar-refractivity contribution in [2.24, 2.45) is 5.92 Å². The first kappa shape index (κ1) is 13.8. The molecule has 0 saturated carbocycles. The number of carbonyl (C=O) groups is 1. The van der Waals surface area contributed by atoms with E-state index < -0.39 is 5.97 Å². The van der Waals surface area contributed by atoms with Gasteiger partial charge in [0.25, 0.3) is 0 Å². The van der Waals surface area contributed by atoms with Crippen LogP contribution in [0.3, 0.4) is 0 Å². The Labute approximate surface area is 124 Å². The summed E-state index contributed by atoms with van der Waals surface area (Å²) in [6, 6.07) is 15.8. The van der Waals surface area contributed by atoms with Crippen molar-refractivity contribution in [1.82, 2.24) is 9.88 Å². The van der Waals surface area contributed by atoms with Gasteiger partial charge in [-0.2, -0.15) is 0 Å². The molecule has 0 radical (unpaired) electrons. The van der Waals surface area contributed by atoms with E-state index in [1.165, 1.54) is 0 Å². The smallest absolute Gasteiger partial charge is 0.308 e. The molecule has 0 spiro atoms. The van der Waals surface area contributed by atoms with E-state index in [0.717, 1.165) is 17.8 Å². The lowest BCUT2D eigenvalue weighted by Gasteiger charge is -2.15. The highest BCUT2D eigenvalue weighted by atomic mass is 16.4. The number of pyridine rings is 1. The molecule has 1 aromatic carbocycles. The summed E-state index contributed by atoms with van der Waals surface area (Å²) < 4.78 is 0. The Hall–Kier alpha value is -2.20. The summed E-state index contributed by atoms with van der Waals surface area (Å²) in [7, 11) is 0. The van der Waals surface area contributed by atoms with Crippen LogP contribution in [0, 0.1) is 5.92 Å². The van der Waals surface area contributed by atoms with Crippen LogP contribution in [0.15, 0.2) is 54.7 Å². The van der Waals surface area contributed by atoms with Gasteiger partial charge in [0, 0.05) is 31.7 Å². The van der Waals surface area contributed by atoms with E-state index in [9.17, 15) is 9.90 Å². The van der Waals surface area contributed by atoms with Gasteiger partial charge >= 0.3 is 5.97 Å². The monoisotopic (exact) mass is 282 g/mol. The van der Waals surface area contributed by atoms with E-state index >= 15 is 0 Å². The Kier molecular flexibility index (Phi) is 3.97. The molecule has 1 saturated heterocycles. The third-order valence-electron chi connectivity index (χ3n) is 4.05. The molecule has 1 aliphatic heterocycles. The van der Waals surface area contributed by atoms with Crippen LogP contribution in [0.2, 0.25) is 0 Å². The second kappa shape index (κ2) is 6.06. The largest absolute Gasteiger partial charge is 0.481 e. The van der Waals surface area contributed by atoms with E-state index in [4.69, 9.17) is 0 Å². The van der Waals surface area contributed by atoms with Crippen LogP contribution in [-0.4, -0.2) is 34.0 Å². The second-order valence-electron chi connectivity index (χ2n) is 5.48. The first-order valence-corrected chi connectivity index (χ1v) is 7.14. The van der Waals surface area contributed by atoms with Crippen LogP contribution in [0.25, 0.3) is 0 Å². The number of nitrogens with zero attached hydrogens (tertiary/aromatic N) is 2. The number of hydrogen-bond acceptors (Lipinski definition) is 3. The van der Waals surface area contributed by atoms with Crippen LogP contribution in [0.1, 0.15) is 17.2 Å². The molecule has 4 heteroatoms. The lowest BCUT2D eigenvalue weighted by molar-refractivity contribution is -0.141. The van der Waals surface area contributed by atoms with Crippen molar-refractivity contribution >= 4 is 5.97 Å². The minimum absolute atomic E-state index is 0.0485. The number of hydrogen-bond donors (Lipinski definition) is 1. The van der Waals surface area contributed by atoms with E-state index in [0.29, 0.717) is 13.1 Å². The fourth-order valence-electron chi connectivity index (χ4n) is 3.02. The van der Waals surface area contributed by atoms with Crippen molar-refractivity contribution in [3.05, 3.63) is 66.0 Å². The standard InChI is InChI=1S/C17H18N2O2/c20-17(21)16-12-19(10-14-8-4-5-9-18-14)11-15(16)13-6-2-1-3-7-13/h1-9,15-16H,10-12H2,(H,20,21). The van der Waals surface area contributed by atoms with Crippen molar-refractivity contribution in [2.75, 3.05) is 13.1 Å². The average Bonchev–Trinajstić information content (AvgIpc) is 2.93. The van der Waals surface area contributed by atoms with Crippen LogP contribution in [0.4, 0.5) is 0 Å². The third kappa shape index (κ3) is 3.11. The highest BCUT2D eigenvalue weighted by Crippen LogP contribution is 2.33. The molecule has 1 aliphatic rings. The Balaban J connectivity index is 1.77. The molecule has 2 aromatic rings. The first-order chi connectivity index (χ1) is 10.2. The molecule has 2 heterocycles. The summed E-state index contributed by atoms with van der Waals surface area (Å²) in [5.74, 6) is -1.02. The van der Waals surface area contributed by atoms with Gasteiger partial charge < -0.3 is 5.11 Å². The highest BCUT2D eigenvalue weighted by Gasteiger charge is 2.38. The Bertz CT molecular complexity index is 601. The minimum Gasteiger partial charge on any atom is -0.481 e. The third-order valence-corrected chi connectivity index (χ3v) is 4.05. The summed E-state index contributed by atoms with van der Waals surface area (Å²) in [4.78, 5) is 18.0. The summed E-state index contributed by atoms with van der Waals surface area (Å²) in [6.07, 6.45) is 1.77. The molecule has 0 aliphatic carbocycles. The summed E-state index contributed by atoms with van der Waals surface area (Å²) >= 11 is 0. The van der Waals surface area contributed by atoms with Gasteiger partial charge in [-0.15, -0.1) is 0 Å². The maximum atomic E-state index is 11.5. The number of aliphatic carboxylic acids is 1. The summed E-state index contributed by atoms with van der Waals surface area (Å²) in [5.41, 5.74) is 2.09. The van der Waals surface area contributed by atoms with Gasteiger partial charge in [-0.3, -0.25) is 14.7 Å². The number of rotatable bonds is 4. The molecule has 0 amide bonds. The molecule has 4 nitrogen and oxygen atoms in total. The average molecular weight is 282 g/mol. The maximum absolute atomic E-state index is 11.5. The predicted molar refractivity (Wildman–Crippen MR) is 79.8 cm³/mol. The fraction of sp³-hybridized carbons (Fsp3) is 0.294. The van der Waals surface area contributed by atoms with Gasteiger partial charge in [0.05, 0.1) is 11.6 Å². The van der Waals surface area contributed by atoms with E-state index in [1.807, 2.05) is 48.5 Å². The molecule has 1 N–H and O–H groups in total. The molecule has 0 bridgehead atoms. The number of benzene rings is 1. The molecular weight excluding hydrogens is 264 g/mol. The first-order valence-electron chi connectivity index (χ1n) is 7.14. The number of carboxylic acids is 1. The zero-order chi connectivity index (χ0) is 14.7. The molecule has 2 unspecified atom stereocenters. The van der Waals surface area contributed by atoms with Gasteiger partial charge in [0.1, 0.15) is 0 Å². The zero-order valence-electron chi connectivity index (χ0n) is 11.7. The van der Waals surface area contributed by atoms with Crippen molar-refractivity contribution < 1.29 is 9.90 Å². The van der Waals surface area contributed by atoms with Crippen molar-refractivity contribution in [3.63, 3.8) is 0 Å². The molecule has 1 aromatic heterocycles. The predicted octanol–water partition coefficient (Wildman–Crippen LogP) is 2.38. The van der Waals surface area contributed by atoms with Gasteiger partial charge in [0.15, 0.2) is 0 Å². The quantitative estimate of drug-likeness (QED) is 0.935. The topological polar surface area (TPSA) is 53.4 Å². The van der Waals surface area contributed by atoms with Crippen molar-refractivity contribution in [3.8, 4) is 0 Å². The fourth-order valence-corrected chi connectivity index (χ4v) is 3.02. The number of likely N-dealkylation sites (tertiary alicyclic amines) is 1. The van der Waals surface area contributed by atoms with Crippen LogP contribution in [-0.2, 0) is 11.3 Å². The van der Waals surface area contributed by atoms with Gasteiger partial charge in [-0.25, -0.2) is 0 Å². The second-order valence-corrected chi connectivity index (χ2v) is 5.48. The maximum Gasteiger partial charge on any atom is 0.308 e. The SMILES string of the molecule is O=C(O)C1CN(Cc2ccccn2)CC1c1ccccc1. The molecule has 3 rings (SSSR count). The Morgan fingerprint density at radius 3 is 2.57 bits per heavy atom. The van der Waals surface area contributed by atoms with Crippen LogP contribution in [0.5, 0.6) is 0 Å². The number of carboxylic acid groups (broad SMARTS) is 1. The molecular formula is C17H18N2O2. The molecule has 108 valence electrons. The minimum atomic E-state index is -0.715.